The Hall–Kier alpha value is -11.2. The molecule has 566 valence electrons. The van der Waals surface area contributed by atoms with E-state index >= 15 is 0 Å². The third-order valence-electron chi connectivity index (χ3n) is 10.8. The van der Waals surface area contributed by atoms with E-state index in [1.54, 1.807) is 186 Å². The highest BCUT2D eigenvalue weighted by molar-refractivity contribution is 9.09. The molecule has 0 radical (unpaired) electrons. The summed E-state index contributed by atoms with van der Waals surface area (Å²) in [6, 6.07) is 32.2. The number of carbonyl (C=O) groups is 6. The number of rotatable bonds is 20. The zero-order valence-electron chi connectivity index (χ0n) is 60.8. The van der Waals surface area contributed by atoms with Crippen molar-refractivity contribution >= 4 is 96.4 Å². The fourth-order valence-electron chi connectivity index (χ4n) is 6.52. The van der Waals surface area contributed by atoms with Gasteiger partial charge >= 0.3 is 36.1 Å². The molecule has 0 aliphatic heterocycles. The van der Waals surface area contributed by atoms with Gasteiger partial charge < -0.3 is 98.3 Å². The van der Waals surface area contributed by atoms with Gasteiger partial charge in [-0.15, -0.1) is 12.8 Å². The summed E-state index contributed by atoms with van der Waals surface area (Å²) in [4.78, 5) is 73.4. The Bertz CT molecular complexity index is 3530. The van der Waals surface area contributed by atoms with Crippen LogP contribution in [-0.4, -0.2) is 123 Å². The number of esters is 3. The molecule has 2 atom stereocenters. The van der Waals surface area contributed by atoms with Gasteiger partial charge in [-0.2, -0.15) is 0 Å². The van der Waals surface area contributed by atoms with Gasteiger partial charge in [-0.1, -0.05) is 48.8 Å². The fraction of sp³-hybridized carbons (Fsp3) is 0.378. The number of allylic oxidation sites excluding steroid dienone is 4. The van der Waals surface area contributed by atoms with Crippen molar-refractivity contribution in [3.05, 3.63) is 168 Å². The van der Waals surface area contributed by atoms with Gasteiger partial charge in [-0.05, 0) is 223 Å². The van der Waals surface area contributed by atoms with Gasteiger partial charge in [0, 0.05) is 51.5 Å². The summed E-state index contributed by atoms with van der Waals surface area (Å²) in [5.41, 5.74) is 41.6. The minimum atomic E-state index is -1.06. The van der Waals surface area contributed by atoms with E-state index in [1.807, 2.05) is 24.3 Å². The predicted octanol–water partition coefficient (Wildman–Crippen LogP) is 13.2. The summed E-state index contributed by atoms with van der Waals surface area (Å²) in [5, 5.41) is 35.7. The third kappa shape index (κ3) is 56.6. The van der Waals surface area contributed by atoms with Crippen molar-refractivity contribution in [3.8, 4) is 53.4 Å². The molecule has 1 aliphatic carbocycles. The first kappa shape index (κ1) is 94.9. The first-order chi connectivity index (χ1) is 48.5. The lowest BCUT2D eigenvalue weighted by molar-refractivity contribution is -0.159. The first-order valence-corrected chi connectivity index (χ1v) is 33.9. The molecular weight excluding hydrogens is 1470 g/mol. The number of terminal acetylenes is 2. The molecule has 28 nitrogen and oxygen atoms in total. The van der Waals surface area contributed by atoms with Gasteiger partial charge in [-0.3, -0.25) is 9.59 Å². The number of carboxylic acid groups (broad SMARTS) is 1. The van der Waals surface area contributed by atoms with Gasteiger partial charge in [-0.25, -0.2) is 19.2 Å². The molecule has 0 saturated heterocycles. The number of alkyl halides is 2. The zero-order valence-corrected chi connectivity index (χ0v) is 64.0. The molecule has 0 saturated carbocycles. The highest BCUT2D eigenvalue weighted by Crippen LogP contribution is 2.20. The Kier molecular flexibility index (Phi) is 47.4. The van der Waals surface area contributed by atoms with Crippen LogP contribution in [0.4, 0.5) is 38.0 Å². The van der Waals surface area contributed by atoms with E-state index in [0.29, 0.717) is 60.2 Å². The van der Waals surface area contributed by atoms with E-state index in [1.165, 1.54) is 12.2 Å². The van der Waals surface area contributed by atoms with E-state index in [9.17, 15) is 28.8 Å². The molecule has 1 aliphatic rings. The van der Waals surface area contributed by atoms with Crippen LogP contribution in [0.3, 0.4) is 0 Å². The molecule has 0 bridgehead atoms. The highest BCUT2D eigenvalue weighted by atomic mass is 79.9. The summed E-state index contributed by atoms with van der Waals surface area (Å²) < 4.78 is 41.6. The number of aliphatic hydroxyl groups is 1. The molecule has 5 aromatic rings. The summed E-state index contributed by atoms with van der Waals surface area (Å²) >= 11 is 6.28. The number of phenolic OH excluding ortho intramolecular Hbond substituents is 1. The van der Waals surface area contributed by atoms with Gasteiger partial charge in [0.2, 0.25) is 11.5 Å². The number of nitrogen functional groups attached to an aromatic ring is 5. The molecule has 0 aromatic heterocycles. The predicted molar refractivity (Wildman–Crippen MR) is 412 cm³/mol. The maximum absolute atomic E-state index is 12.4. The lowest BCUT2D eigenvalue weighted by Crippen LogP contribution is -2.46. The number of carboxylic acids is 1. The first-order valence-electron chi connectivity index (χ1n) is 31.7. The van der Waals surface area contributed by atoms with Crippen LogP contribution in [0.5, 0.6) is 28.7 Å². The molecule has 2 amide bonds. The molecule has 0 heterocycles. The van der Waals surface area contributed by atoms with E-state index in [-0.39, 0.29) is 37.2 Å². The fourth-order valence-corrected chi connectivity index (χ4v) is 6.68. The molecule has 0 spiro atoms. The van der Waals surface area contributed by atoms with Crippen LogP contribution in [0, 0.1) is 30.8 Å². The molecule has 0 unspecified atom stereocenters. The molecule has 6 rings (SSSR count). The number of azide groups is 1. The Morgan fingerprint density at radius 2 is 0.894 bits per heavy atom. The van der Waals surface area contributed by atoms with Crippen LogP contribution >= 0.6 is 31.9 Å². The molecule has 0 fully saturated rings. The van der Waals surface area contributed by atoms with Crippen molar-refractivity contribution in [2.24, 2.45) is 10.8 Å². The lowest BCUT2D eigenvalue weighted by Gasteiger charge is -2.26. The maximum atomic E-state index is 12.4. The second-order valence-corrected chi connectivity index (χ2v) is 26.3. The van der Waals surface area contributed by atoms with Gasteiger partial charge in [0.1, 0.15) is 75.9 Å². The molecule has 5 aromatic carbocycles. The van der Waals surface area contributed by atoms with E-state index in [0.717, 1.165) is 34.0 Å². The van der Waals surface area contributed by atoms with Gasteiger partial charge in [0.15, 0.2) is 0 Å². The number of aliphatic carboxylic acids is 1. The second kappa shape index (κ2) is 51.9. The zero-order chi connectivity index (χ0) is 79.5. The number of carbonyl (C=O) groups excluding carboxylic acids is 5. The smallest absolute Gasteiger partial charge is 0.408 e. The monoisotopic (exact) mass is 1570 g/mol. The van der Waals surface area contributed by atoms with E-state index in [2.05, 4.69) is 70.4 Å². The summed E-state index contributed by atoms with van der Waals surface area (Å²) in [5.74, 6) is 4.89. The molecule has 30 heteroatoms. The van der Waals surface area contributed by atoms with Crippen LogP contribution in [0.1, 0.15) is 109 Å². The largest absolute Gasteiger partial charge is 0.508 e. The standard InChI is InChI=1S/C20H30N2O6.C14H25NO6.C9H9NO.C8H10BrNO.C8H10N4O.C6H7NO.C6H5NO.C3H3Br/c1-19(2,3)27-17(24)15(22-18(25)28-20(4,5)6)11-12-16(23)26-14-9-7-13(21)8-10-14;1-13(2,3)20-11(18)9(7-8-10(16)17)15-12(19)21-14(4,5)6;1-2-7-11-9-5-3-8(10)4-6-9;9-5-6-11-8-3-1-7(10)2-4-8;9-7-1-3-8(4-2-7)13-6-5-11-12-10;2*7-5-1-3-6(8)4-2-5;1-2-3-4/h7-10,15H,11-12,21H2,1-6H3,(H,22,25);9H,7-8H2,1-6H3,(H,15,19)(H,16,17);1,3-6H,7,10H2;1-4H,5-6,10H2;1-4H,5-6,9H2;1-4,8H,7H2;1,3-4H,7H2;1H,3H2/p+1/t15-;9-;;;;;;/m00....../s1. The molecular formula is C74H100Br2N11O17+. The number of nitrogens with two attached hydrogens (primary N) is 6. The number of aromatic hydroxyl groups is 1. The molecule has 104 heavy (non-hydrogen) atoms. The third-order valence-corrected chi connectivity index (χ3v) is 11.4. The van der Waals surface area contributed by atoms with E-state index in [4.69, 9.17) is 106 Å². The highest BCUT2D eigenvalue weighted by Gasteiger charge is 2.31. The number of nitrogens with zero attached hydrogens (tertiary/aromatic N) is 3. The average molecular weight is 1580 g/mol. The van der Waals surface area contributed by atoms with E-state index < -0.39 is 70.6 Å². The lowest BCUT2D eigenvalue weighted by atomic mass is 10.1. The quantitative estimate of drug-likeness (QED) is 0.00280. The summed E-state index contributed by atoms with van der Waals surface area (Å²) in [6.45, 7) is 22.1. The number of ether oxygens (including phenoxy) is 8. The number of nitrogens with one attached hydrogen (secondary N) is 2. The van der Waals surface area contributed by atoms with Crippen molar-refractivity contribution in [1.82, 2.24) is 10.6 Å². The normalized spacial score (nSPS) is 11.3. The second-order valence-electron chi connectivity index (χ2n) is 25.0. The number of aliphatic hydroxyl groups excluding tert-OH is 1. The van der Waals surface area contributed by atoms with Crippen molar-refractivity contribution in [2.75, 3.05) is 65.7 Å². The summed E-state index contributed by atoms with van der Waals surface area (Å²) in [6.07, 6.45) is 14.9. The van der Waals surface area contributed by atoms with Crippen molar-refractivity contribution < 1.29 is 82.0 Å². The SMILES string of the molecule is C#CCBr.C#CCOc1ccc(N)cc1.CC(C)(C)OC(=O)N[C@@H](CCC(=O)O)C(=O)OC(C)(C)C.CC(C)(C)OC(=O)N[C@@H](CCC(=O)Oc1ccc(N)cc1)C(=O)OC(C)(C)C.NC1=[C+]C=C(O)C=C1.Nc1ccc(O)cc1.Nc1ccc(OCCBr)cc1.[N-]=[N+]=NCCOc1ccc(N)cc1. The number of hydrogen-bond acceptors (Lipinski definition) is 23. The Morgan fingerprint density at radius 3 is 1.20 bits per heavy atom. The number of anilines is 5. The number of benzene rings is 5. The minimum absolute atomic E-state index is 0.00195. The number of phenols is 1. The van der Waals surface area contributed by atoms with Gasteiger partial charge in [0.05, 0.1) is 43.3 Å². The van der Waals surface area contributed by atoms with Crippen LogP contribution < -0.4 is 64.0 Å². The Morgan fingerprint density at radius 1 is 0.538 bits per heavy atom. The number of amides is 2. The Balaban J connectivity index is 0. The number of hydrogen-bond donors (Lipinski definition) is 11. The van der Waals surface area contributed by atoms with Crippen LogP contribution in [0.2, 0.25) is 0 Å². The minimum Gasteiger partial charge on any atom is -0.508 e. The van der Waals surface area contributed by atoms with Crippen LogP contribution in [0.25, 0.3) is 10.4 Å². The maximum Gasteiger partial charge on any atom is 0.408 e. The topological polar surface area (TPSA) is 466 Å². The number of halogens is 2. The molecule has 17 N–H and O–H groups in total. The Labute approximate surface area is 626 Å². The average Bonchev–Trinajstić information content (AvgIpc) is 0.881. The van der Waals surface area contributed by atoms with Crippen molar-refractivity contribution in [2.45, 2.75) is 143 Å². The summed E-state index contributed by atoms with van der Waals surface area (Å²) in [7, 11) is 0. The van der Waals surface area contributed by atoms with Crippen LogP contribution in [-0.2, 0) is 38.1 Å². The van der Waals surface area contributed by atoms with Gasteiger partial charge in [0.25, 0.3) is 0 Å². The van der Waals surface area contributed by atoms with Crippen molar-refractivity contribution in [1.29, 1.82) is 0 Å². The number of alkyl carbamates (subject to hydrolysis) is 2. The van der Waals surface area contributed by atoms with Crippen LogP contribution in [0.15, 0.2) is 156 Å². The van der Waals surface area contributed by atoms with Crippen molar-refractivity contribution in [3.63, 3.8) is 0 Å².